The first kappa shape index (κ1) is 15.1. The van der Waals surface area contributed by atoms with Crippen LogP contribution in [-0.2, 0) is 0 Å². The molecule has 6 heteroatoms. The van der Waals surface area contributed by atoms with Crippen molar-refractivity contribution < 1.29 is 9.90 Å². The number of aromatic nitrogens is 1. The molecule has 1 unspecified atom stereocenters. The highest BCUT2D eigenvalue weighted by molar-refractivity contribution is 6.68. The normalized spacial score (nSPS) is 12.9. The van der Waals surface area contributed by atoms with Gasteiger partial charge in [0.1, 0.15) is 0 Å². The molecule has 1 atom stereocenters. The van der Waals surface area contributed by atoms with Gasteiger partial charge < -0.3 is 9.90 Å². The number of carbonyl (C=O) groups excluding carboxylic acids is 1. The second kappa shape index (κ2) is 6.00. The molecule has 3 nitrogen and oxygen atoms in total. The molecule has 1 aromatic heterocycles. The van der Waals surface area contributed by atoms with Gasteiger partial charge in [-0.2, -0.15) is 0 Å². The third kappa shape index (κ3) is 3.23. The molecule has 0 saturated heterocycles. The average Bonchev–Trinajstić information content (AvgIpc) is 2.39. The summed E-state index contributed by atoms with van der Waals surface area (Å²) in [6.45, 7) is 0. The van der Waals surface area contributed by atoms with Gasteiger partial charge in [-0.25, -0.2) is 0 Å². The molecular weight excluding hydrogens is 321 g/mol. The smallest absolute Gasteiger partial charge is 0.201 e. The highest BCUT2D eigenvalue weighted by atomic mass is 35.6. The Labute approximate surface area is 131 Å². The predicted molar refractivity (Wildman–Crippen MR) is 77.1 cm³/mol. The monoisotopic (exact) mass is 328 g/mol. The SMILES string of the molecule is O=C([O-])c1ccccc1C(c1cccnc1)C(Cl)(Cl)Cl. The van der Waals surface area contributed by atoms with E-state index in [4.69, 9.17) is 34.8 Å². The third-order valence-electron chi connectivity index (χ3n) is 2.84. The van der Waals surface area contributed by atoms with Gasteiger partial charge in [0.2, 0.25) is 3.79 Å². The van der Waals surface area contributed by atoms with E-state index in [-0.39, 0.29) is 5.56 Å². The molecule has 0 aliphatic carbocycles. The lowest BCUT2D eigenvalue weighted by molar-refractivity contribution is -0.255. The van der Waals surface area contributed by atoms with Gasteiger partial charge in [0.25, 0.3) is 0 Å². The second-order valence-corrected chi connectivity index (χ2v) is 6.50. The van der Waals surface area contributed by atoms with Crippen LogP contribution in [0.5, 0.6) is 0 Å². The van der Waals surface area contributed by atoms with Crippen LogP contribution in [0.3, 0.4) is 0 Å². The number of alkyl halides is 3. The van der Waals surface area contributed by atoms with E-state index in [0.717, 1.165) is 0 Å². The molecule has 0 bridgehead atoms. The molecule has 2 rings (SSSR count). The fraction of sp³-hybridized carbons (Fsp3) is 0.143. The fourth-order valence-corrected chi connectivity index (χ4v) is 2.76. The van der Waals surface area contributed by atoms with Crippen LogP contribution in [-0.4, -0.2) is 14.7 Å². The molecule has 104 valence electrons. The number of rotatable bonds is 3. The summed E-state index contributed by atoms with van der Waals surface area (Å²) in [6.07, 6.45) is 3.13. The minimum absolute atomic E-state index is 0.00678. The molecule has 2 aromatic rings. The molecule has 0 fully saturated rings. The molecule has 0 aliphatic heterocycles. The van der Waals surface area contributed by atoms with Crippen LogP contribution in [0.15, 0.2) is 48.8 Å². The minimum atomic E-state index is -1.71. The number of carboxylic acid groups (broad SMARTS) is 1. The molecule has 0 amide bonds. The molecule has 1 aromatic carbocycles. The minimum Gasteiger partial charge on any atom is -0.545 e. The van der Waals surface area contributed by atoms with E-state index in [9.17, 15) is 9.90 Å². The number of hydrogen-bond acceptors (Lipinski definition) is 3. The van der Waals surface area contributed by atoms with E-state index >= 15 is 0 Å². The zero-order chi connectivity index (χ0) is 14.8. The fourth-order valence-electron chi connectivity index (χ4n) is 2.03. The van der Waals surface area contributed by atoms with Crippen molar-refractivity contribution in [1.29, 1.82) is 0 Å². The summed E-state index contributed by atoms with van der Waals surface area (Å²) < 4.78 is -1.71. The average molecular weight is 330 g/mol. The Balaban J connectivity index is 2.63. The lowest BCUT2D eigenvalue weighted by atomic mass is 9.90. The van der Waals surface area contributed by atoms with Crippen molar-refractivity contribution in [3.63, 3.8) is 0 Å². The maximum Gasteiger partial charge on any atom is 0.201 e. The molecule has 0 saturated carbocycles. The number of nitrogens with zero attached hydrogens (tertiary/aromatic N) is 1. The first-order chi connectivity index (χ1) is 9.41. The van der Waals surface area contributed by atoms with Gasteiger partial charge in [0.15, 0.2) is 0 Å². The van der Waals surface area contributed by atoms with Crippen LogP contribution in [0.1, 0.15) is 27.4 Å². The highest BCUT2D eigenvalue weighted by Crippen LogP contribution is 2.46. The Hall–Kier alpha value is -1.29. The lowest BCUT2D eigenvalue weighted by Crippen LogP contribution is -2.27. The van der Waals surface area contributed by atoms with Crippen molar-refractivity contribution in [2.24, 2.45) is 0 Å². The summed E-state index contributed by atoms with van der Waals surface area (Å²) in [6, 6.07) is 9.72. The van der Waals surface area contributed by atoms with Crippen molar-refractivity contribution in [3.05, 3.63) is 65.5 Å². The van der Waals surface area contributed by atoms with Gasteiger partial charge in [-0.3, -0.25) is 4.98 Å². The summed E-state index contributed by atoms with van der Waals surface area (Å²) >= 11 is 18.1. The van der Waals surface area contributed by atoms with E-state index in [0.29, 0.717) is 11.1 Å². The Morgan fingerprint density at radius 1 is 1.15 bits per heavy atom. The van der Waals surface area contributed by atoms with Crippen LogP contribution in [0.4, 0.5) is 0 Å². The number of halogens is 3. The van der Waals surface area contributed by atoms with Gasteiger partial charge in [-0.15, -0.1) is 0 Å². The molecule has 0 aliphatic rings. The van der Waals surface area contributed by atoms with Gasteiger partial charge in [0.05, 0.1) is 11.9 Å². The largest absolute Gasteiger partial charge is 0.545 e. The number of aromatic carboxylic acids is 1. The van der Waals surface area contributed by atoms with E-state index in [1.807, 2.05) is 0 Å². The Morgan fingerprint density at radius 2 is 1.85 bits per heavy atom. The van der Waals surface area contributed by atoms with Crippen molar-refractivity contribution >= 4 is 40.8 Å². The zero-order valence-corrected chi connectivity index (χ0v) is 12.4. The predicted octanol–water partition coefficient (Wildman–Crippen LogP) is 2.95. The van der Waals surface area contributed by atoms with Gasteiger partial charge in [-0.1, -0.05) is 65.1 Å². The van der Waals surface area contributed by atoms with Crippen molar-refractivity contribution in [3.8, 4) is 0 Å². The molecule has 0 N–H and O–H groups in total. The Morgan fingerprint density at radius 3 is 2.40 bits per heavy atom. The van der Waals surface area contributed by atoms with Crippen molar-refractivity contribution in [2.45, 2.75) is 9.71 Å². The molecule has 0 spiro atoms. The Kier molecular flexibility index (Phi) is 4.53. The Bertz CT molecular complexity index is 611. The van der Waals surface area contributed by atoms with E-state index < -0.39 is 15.7 Å². The second-order valence-electron chi connectivity index (χ2n) is 4.14. The maximum atomic E-state index is 11.2. The maximum absolute atomic E-state index is 11.2. The summed E-state index contributed by atoms with van der Waals surface area (Å²) in [5.74, 6) is -2.07. The number of hydrogen-bond donors (Lipinski definition) is 0. The standard InChI is InChI=1S/C14H10Cl3NO2/c15-14(16,17)12(9-4-3-7-18-8-9)10-5-1-2-6-11(10)13(19)20/h1-8,12H,(H,19,20)/p-1. The molecule has 1 heterocycles. The van der Waals surface area contributed by atoms with Gasteiger partial charge in [0, 0.05) is 18.0 Å². The summed E-state index contributed by atoms with van der Waals surface area (Å²) in [4.78, 5) is 15.2. The lowest BCUT2D eigenvalue weighted by Gasteiger charge is -2.27. The summed E-state index contributed by atoms with van der Waals surface area (Å²) in [7, 11) is 0. The zero-order valence-electron chi connectivity index (χ0n) is 10.1. The highest BCUT2D eigenvalue weighted by Gasteiger charge is 2.36. The van der Waals surface area contributed by atoms with Crippen LogP contribution < -0.4 is 5.11 Å². The number of carbonyl (C=O) groups is 1. The summed E-state index contributed by atoms with van der Waals surface area (Å²) in [5, 5.41) is 11.2. The topological polar surface area (TPSA) is 53.0 Å². The van der Waals surface area contributed by atoms with E-state index in [1.54, 1.807) is 42.7 Å². The van der Waals surface area contributed by atoms with Crippen LogP contribution in [0, 0.1) is 0 Å². The third-order valence-corrected chi connectivity index (χ3v) is 3.49. The molecular formula is C14H9Cl3NO2-. The number of pyridine rings is 1. The van der Waals surface area contributed by atoms with Crippen molar-refractivity contribution in [2.75, 3.05) is 0 Å². The quantitative estimate of drug-likeness (QED) is 0.814. The molecule has 20 heavy (non-hydrogen) atoms. The molecule has 0 radical (unpaired) electrons. The first-order valence-electron chi connectivity index (χ1n) is 5.68. The van der Waals surface area contributed by atoms with Gasteiger partial charge in [-0.05, 0) is 17.2 Å². The van der Waals surface area contributed by atoms with E-state index in [1.165, 1.54) is 6.07 Å². The van der Waals surface area contributed by atoms with Gasteiger partial charge >= 0.3 is 0 Å². The first-order valence-corrected chi connectivity index (χ1v) is 6.81. The summed E-state index contributed by atoms with van der Waals surface area (Å²) in [5.41, 5.74) is 0.981. The van der Waals surface area contributed by atoms with Crippen LogP contribution in [0.2, 0.25) is 0 Å². The van der Waals surface area contributed by atoms with E-state index in [2.05, 4.69) is 4.98 Å². The van der Waals surface area contributed by atoms with Crippen LogP contribution in [0.25, 0.3) is 0 Å². The number of carboxylic acids is 1. The van der Waals surface area contributed by atoms with Crippen LogP contribution >= 0.6 is 34.8 Å². The van der Waals surface area contributed by atoms with Crippen molar-refractivity contribution in [1.82, 2.24) is 4.98 Å². The number of benzene rings is 1.